The van der Waals surface area contributed by atoms with Gasteiger partial charge >= 0.3 is 6.03 Å². The highest BCUT2D eigenvalue weighted by Crippen LogP contribution is 2.32. The maximum atomic E-state index is 12.7. The summed E-state index contributed by atoms with van der Waals surface area (Å²) < 4.78 is 6.35. The summed E-state index contributed by atoms with van der Waals surface area (Å²) >= 11 is 3.46. The highest BCUT2D eigenvalue weighted by Gasteiger charge is 2.22. The normalized spacial score (nSPS) is 14.9. The van der Waals surface area contributed by atoms with Gasteiger partial charge in [-0.2, -0.15) is 0 Å². The average molecular weight is 432 g/mol. The van der Waals surface area contributed by atoms with E-state index in [2.05, 4.69) is 50.4 Å². The number of hydrogen-bond acceptors (Lipinski definition) is 3. The van der Waals surface area contributed by atoms with E-state index in [1.54, 1.807) is 7.11 Å². The van der Waals surface area contributed by atoms with Crippen LogP contribution in [0.2, 0.25) is 0 Å². The number of carbonyl (C=O) groups is 1. The number of anilines is 1. The molecule has 1 saturated heterocycles. The van der Waals surface area contributed by atoms with Gasteiger partial charge in [0, 0.05) is 37.2 Å². The lowest BCUT2D eigenvalue weighted by atomic mass is 10.1. The van der Waals surface area contributed by atoms with Gasteiger partial charge in [-0.05, 0) is 36.6 Å². The Bertz CT molecular complexity index is 774. The zero-order chi connectivity index (χ0) is 19.2. The lowest BCUT2D eigenvalue weighted by Crippen LogP contribution is -2.50. The van der Waals surface area contributed by atoms with E-state index in [0.717, 1.165) is 54.9 Å². The second-order valence-corrected chi connectivity index (χ2v) is 7.71. The third-order valence-corrected chi connectivity index (χ3v) is 5.39. The molecule has 144 valence electrons. The van der Waals surface area contributed by atoms with Gasteiger partial charge in [-0.25, -0.2) is 4.79 Å². The fourth-order valence-corrected chi connectivity index (χ4v) is 3.88. The topological polar surface area (TPSA) is 44.8 Å². The molecule has 1 aliphatic rings. The van der Waals surface area contributed by atoms with Crippen LogP contribution in [0.1, 0.15) is 11.1 Å². The van der Waals surface area contributed by atoms with Crippen LogP contribution in [0.15, 0.2) is 46.9 Å². The SMILES string of the molecule is COc1cc(Br)cc(C)c1NC(=O)N1CCN(CCc2ccccc2)CC1. The average Bonchev–Trinajstić information content (AvgIpc) is 2.69. The molecule has 0 atom stereocenters. The summed E-state index contributed by atoms with van der Waals surface area (Å²) in [4.78, 5) is 17.0. The van der Waals surface area contributed by atoms with Crippen molar-refractivity contribution >= 4 is 27.6 Å². The van der Waals surface area contributed by atoms with Gasteiger partial charge in [0.2, 0.25) is 0 Å². The zero-order valence-corrected chi connectivity index (χ0v) is 17.5. The third kappa shape index (κ3) is 5.23. The Labute approximate surface area is 169 Å². The van der Waals surface area contributed by atoms with E-state index in [-0.39, 0.29) is 6.03 Å². The number of amides is 2. The summed E-state index contributed by atoms with van der Waals surface area (Å²) in [6.45, 7) is 6.26. The molecule has 2 aromatic carbocycles. The molecule has 1 aliphatic heterocycles. The van der Waals surface area contributed by atoms with Gasteiger partial charge < -0.3 is 15.0 Å². The van der Waals surface area contributed by atoms with Crippen molar-refractivity contribution < 1.29 is 9.53 Å². The Kier molecular flexibility index (Phi) is 6.74. The summed E-state index contributed by atoms with van der Waals surface area (Å²) in [5.74, 6) is 0.664. The molecule has 2 aromatic rings. The number of nitrogens with zero attached hydrogens (tertiary/aromatic N) is 2. The van der Waals surface area contributed by atoms with E-state index in [1.165, 1.54) is 5.56 Å². The molecule has 1 heterocycles. The fraction of sp³-hybridized carbons (Fsp3) is 0.381. The van der Waals surface area contributed by atoms with Gasteiger partial charge in [0.05, 0.1) is 12.8 Å². The Morgan fingerprint density at radius 1 is 1.15 bits per heavy atom. The second kappa shape index (κ2) is 9.24. The van der Waals surface area contributed by atoms with Gasteiger partial charge in [-0.15, -0.1) is 0 Å². The van der Waals surface area contributed by atoms with Crippen molar-refractivity contribution in [2.24, 2.45) is 0 Å². The number of hydrogen-bond donors (Lipinski definition) is 1. The first-order valence-electron chi connectivity index (χ1n) is 9.23. The molecule has 0 saturated carbocycles. The first-order chi connectivity index (χ1) is 13.1. The Balaban J connectivity index is 1.52. The molecule has 2 amide bonds. The van der Waals surface area contributed by atoms with E-state index in [9.17, 15) is 4.79 Å². The van der Waals surface area contributed by atoms with Crippen molar-refractivity contribution in [2.75, 3.05) is 45.2 Å². The van der Waals surface area contributed by atoms with Crippen LogP contribution in [0.5, 0.6) is 5.75 Å². The van der Waals surface area contributed by atoms with Crippen molar-refractivity contribution in [3.05, 3.63) is 58.1 Å². The lowest BCUT2D eigenvalue weighted by Gasteiger charge is -2.35. The minimum absolute atomic E-state index is 0.0681. The predicted molar refractivity (Wildman–Crippen MR) is 113 cm³/mol. The number of nitrogens with one attached hydrogen (secondary N) is 1. The first-order valence-corrected chi connectivity index (χ1v) is 10.0. The van der Waals surface area contributed by atoms with Crippen molar-refractivity contribution in [2.45, 2.75) is 13.3 Å². The van der Waals surface area contributed by atoms with Crippen molar-refractivity contribution in [3.63, 3.8) is 0 Å². The zero-order valence-electron chi connectivity index (χ0n) is 15.9. The first kappa shape index (κ1) is 19.7. The highest BCUT2D eigenvalue weighted by atomic mass is 79.9. The number of urea groups is 1. The van der Waals surface area contributed by atoms with Crippen molar-refractivity contribution in [3.8, 4) is 5.75 Å². The van der Waals surface area contributed by atoms with Crippen LogP contribution >= 0.6 is 15.9 Å². The van der Waals surface area contributed by atoms with Crippen LogP contribution in [0.25, 0.3) is 0 Å². The maximum absolute atomic E-state index is 12.7. The quantitative estimate of drug-likeness (QED) is 0.772. The molecule has 3 rings (SSSR count). The van der Waals surface area contributed by atoms with Crippen LogP contribution in [0, 0.1) is 6.92 Å². The molecule has 27 heavy (non-hydrogen) atoms. The molecular weight excluding hydrogens is 406 g/mol. The summed E-state index contributed by atoms with van der Waals surface area (Å²) in [6.07, 6.45) is 1.04. The highest BCUT2D eigenvalue weighted by molar-refractivity contribution is 9.10. The molecule has 0 radical (unpaired) electrons. The van der Waals surface area contributed by atoms with E-state index < -0.39 is 0 Å². The Hall–Kier alpha value is -2.05. The molecular formula is C21H26BrN3O2. The van der Waals surface area contributed by atoms with Crippen LogP contribution in [0.4, 0.5) is 10.5 Å². The van der Waals surface area contributed by atoms with Crippen molar-refractivity contribution in [1.29, 1.82) is 0 Å². The predicted octanol–water partition coefficient (Wildman–Crippen LogP) is 4.16. The molecule has 0 aromatic heterocycles. The maximum Gasteiger partial charge on any atom is 0.322 e. The lowest BCUT2D eigenvalue weighted by molar-refractivity contribution is 0.148. The molecule has 0 aliphatic carbocycles. The van der Waals surface area contributed by atoms with Gasteiger partial charge in [0.15, 0.2) is 0 Å². The standard InChI is InChI=1S/C21H26BrN3O2/c1-16-14-18(22)15-19(27-2)20(16)23-21(26)25-12-10-24(11-13-25)9-8-17-6-4-3-5-7-17/h3-7,14-15H,8-13H2,1-2H3,(H,23,26). The summed E-state index contributed by atoms with van der Waals surface area (Å²) in [7, 11) is 1.61. The number of halogens is 1. The Morgan fingerprint density at radius 2 is 1.85 bits per heavy atom. The molecule has 0 bridgehead atoms. The number of ether oxygens (including phenoxy) is 1. The smallest absolute Gasteiger partial charge is 0.322 e. The molecule has 1 fully saturated rings. The second-order valence-electron chi connectivity index (χ2n) is 6.79. The van der Waals surface area contributed by atoms with E-state index in [4.69, 9.17) is 4.74 Å². The Morgan fingerprint density at radius 3 is 2.52 bits per heavy atom. The monoisotopic (exact) mass is 431 g/mol. The summed E-state index contributed by atoms with van der Waals surface area (Å²) in [6, 6.07) is 14.3. The largest absolute Gasteiger partial charge is 0.495 e. The molecule has 0 spiro atoms. The third-order valence-electron chi connectivity index (χ3n) is 4.93. The number of carbonyl (C=O) groups excluding carboxylic acids is 1. The molecule has 1 N–H and O–H groups in total. The van der Waals surface area contributed by atoms with Crippen molar-refractivity contribution in [1.82, 2.24) is 9.80 Å². The minimum Gasteiger partial charge on any atom is -0.495 e. The van der Waals surface area contributed by atoms with Crippen LogP contribution < -0.4 is 10.1 Å². The van der Waals surface area contributed by atoms with Gasteiger partial charge in [0.1, 0.15) is 5.75 Å². The van der Waals surface area contributed by atoms with E-state index >= 15 is 0 Å². The van der Waals surface area contributed by atoms with Crippen LogP contribution in [0.3, 0.4) is 0 Å². The number of piperazine rings is 1. The molecule has 5 nitrogen and oxygen atoms in total. The van der Waals surface area contributed by atoms with E-state index in [0.29, 0.717) is 5.75 Å². The number of benzene rings is 2. The van der Waals surface area contributed by atoms with Crippen LogP contribution in [-0.2, 0) is 6.42 Å². The summed E-state index contributed by atoms with van der Waals surface area (Å²) in [5.41, 5.74) is 3.06. The van der Waals surface area contributed by atoms with Gasteiger partial charge in [-0.3, -0.25) is 4.90 Å². The molecule has 6 heteroatoms. The number of methoxy groups -OCH3 is 1. The minimum atomic E-state index is -0.0681. The van der Waals surface area contributed by atoms with Crippen LogP contribution in [-0.4, -0.2) is 55.7 Å². The summed E-state index contributed by atoms with van der Waals surface area (Å²) in [5, 5.41) is 3.02. The van der Waals surface area contributed by atoms with E-state index in [1.807, 2.05) is 30.0 Å². The number of aryl methyl sites for hydroxylation is 1. The number of rotatable bonds is 5. The molecule has 0 unspecified atom stereocenters. The fourth-order valence-electron chi connectivity index (χ4n) is 3.33. The van der Waals surface area contributed by atoms with Gasteiger partial charge in [0.25, 0.3) is 0 Å². The van der Waals surface area contributed by atoms with Gasteiger partial charge in [-0.1, -0.05) is 46.3 Å².